The van der Waals surface area contributed by atoms with E-state index in [1.54, 1.807) is 7.11 Å². The van der Waals surface area contributed by atoms with E-state index in [0.717, 1.165) is 29.0 Å². The molecule has 0 atom stereocenters. The summed E-state index contributed by atoms with van der Waals surface area (Å²) in [6.45, 7) is 2.70. The molecule has 0 saturated carbocycles. The zero-order valence-electron chi connectivity index (χ0n) is 19.4. The molecule has 0 unspecified atom stereocenters. The summed E-state index contributed by atoms with van der Waals surface area (Å²) in [5.41, 5.74) is 3.83. The highest BCUT2D eigenvalue weighted by Gasteiger charge is 2.24. The first kappa shape index (κ1) is 22.9. The Morgan fingerprint density at radius 3 is 2.60 bits per heavy atom. The lowest BCUT2D eigenvalue weighted by Gasteiger charge is -2.12. The molecule has 2 aliphatic heterocycles. The molecule has 7 nitrogen and oxygen atoms in total. The number of carbonyl (C=O) groups is 1. The highest BCUT2D eigenvalue weighted by molar-refractivity contribution is 8.18. The molecule has 3 aromatic rings. The van der Waals surface area contributed by atoms with Gasteiger partial charge in [0.1, 0.15) is 6.61 Å². The number of nitrogens with zero attached hydrogens (tertiary/aromatic N) is 1. The van der Waals surface area contributed by atoms with Gasteiger partial charge in [-0.25, -0.2) is 4.99 Å². The fourth-order valence-electron chi connectivity index (χ4n) is 3.64. The van der Waals surface area contributed by atoms with Crippen LogP contribution in [0.5, 0.6) is 23.0 Å². The third-order valence-corrected chi connectivity index (χ3v) is 6.45. The minimum atomic E-state index is -0.180. The van der Waals surface area contributed by atoms with Crippen molar-refractivity contribution < 1.29 is 23.7 Å². The van der Waals surface area contributed by atoms with Gasteiger partial charge in [-0.05, 0) is 77.3 Å². The first-order valence-electron chi connectivity index (χ1n) is 11.2. The molecule has 3 aromatic carbocycles. The van der Waals surface area contributed by atoms with Crippen molar-refractivity contribution in [3.8, 4) is 23.0 Å². The van der Waals surface area contributed by atoms with Crippen LogP contribution in [0.4, 0.5) is 5.69 Å². The molecule has 5 rings (SSSR count). The number of aliphatic imine (C=N–C) groups is 1. The van der Waals surface area contributed by atoms with E-state index in [-0.39, 0.29) is 12.7 Å². The summed E-state index contributed by atoms with van der Waals surface area (Å²) >= 11 is 1.31. The van der Waals surface area contributed by atoms with Gasteiger partial charge in [-0.1, -0.05) is 31.2 Å². The molecule has 1 amide bonds. The van der Waals surface area contributed by atoms with Gasteiger partial charge in [0.15, 0.2) is 28.2 Å². The average Bonchev–Trinajstić information content (AvgIpc) is 3.49. The summed E-state index contributed by atoms with van der Waals surface area (Å²) in [7, 11) is 1.59. The summed E-state index contributed by atoms with van der Waals surface area (Å²) in [6.07, 6.45) is 2.79. The second-order valence-electron chi connectivity index (χ2n) is 7.89. The fourth-order valence-corrected chi connectivity index (χ4v) is 4.48. The SMILES string of the molecule is CCc1ccc(N=C2NC(=O)/C(=C/c3ccc(OCc4ccc5c(c4)OCO5)c(OC)c3)S2)cc1. The highest BCUT2D eigenvalue weighted by Crippen LogP contribution is 2.35. The van der Waals surface area contributed by atoms with Crippen LogP contribution in [0.15, 0.2) is 70.6 Å². The standard InChI is InChI=1S/C27H24N2O5S/c1-3-17-4-8-20(9-5-17)28-27-29-26(30)25(35-27)14-18-6-10-21(23(12-18)31-2)32-15-19-7-11-22-24(13-19)34-16-33-22/h4-14H,3,15-16H2,1-2H3,(H,28,29,30)/b25-14-. The average molecular weight is 489 g/mol. The number of benzene rings is 3. The predicted molar refractivity (Wildman–Crippen MR) is 137 cm³/mol. The van der Waals surface area contributed by atoms with Gasteiger partial charge < -0.3 is 24.3 Å². The zero-order chi connectivity index (χ0) is 24.2. The Morgan fingerprint density at radius 1 is 1.00 bits per heavy atom. The van der Waals surface area contributed by atoms with Gasteiger partial charge in [0.25, 0.3) is 5.91 Å². The van der Waals surface area contributed by atoms with Crippen LogP contribution in [0.3, 0.4) is 0 Å². The minimum Gasteiger partial charge on any atom is -0.493 e. The van der Waals surface area contributed by atoms with Gasteiger partial charge >= 0.3 is 0 Å². The third-order valence-electron chi connectivity index (χ3n) is 5.54. The Labute approximate surface area is 207 Å². The minimum absolute atomic E-state index is 0.180. The molecule has 35 heavy (non-hydrogen) atoms. The molecule has 1 fully saturated rings. The number of aryl methyl sites for hydroxylation is 1. The predicted octanol–water partition coefficient (Wildman–Crippen LogP) is 5.46. The maximum Gasteiger partial charge on any atom is 0.264 e. The number of hydrogen-bond donors (Lipinski definition) is 1. The molecular weight excluding hydrogens is 464 g/mol. The first-order chi connectivity index (χ1) is 17.1. The van der Waals surface area contributed by atoms with Gasteiger partial charge in [-0.2, -0.15) is 0 Å². The third kappa shape index (κ3) is 5.27. The van der Waals surface area contributed by atoms with E-state index in [4.69, 9.17) is 18.9 Å². The Morgan fingerprint density at radius 2 is 1.80 bits per heavy atom. The molecule has 2 aliphatic rings. The van der Waals surface area contributed by atoms with Crippen LogP contribution >= 0.6 is 11.8 Å². The number of nitrogens with one attached hydrogen (secondary N) is 1. The molecule has 8 heteroatoms. The fraction of sp³-hybridized carbons (Fsp3) is 0.185. The van der Waals surface area contributed by atoms with E-state index in [1.807, 2.05) is 66.7 Å². The number of carbonyl (C=O) groups excluding carboxylic acids is 1. The van der Waals surface area contributed by atoms with E-state index >= 15 is 0 Å². The topological polar surface area (TPSA) is 78.4 Å². The Kier molecular flexibility index (Phi) is 6.63. The molecular formula is C27H24N2O5S. The number of methoxy groups -OCH3 is 1. The van der Waals surface area contributed by atoms with Gasteiger partial charge in [0.2, 0.25) is 6.79 Å². The first-order valence-corrected chi connectivity index (χ1v) is 12.0. The Hall–Kier alpha value is -3.91. The van der Waals surface area contributed by atoms with Crippen molar-refractivity contribution in [3.63, 3.8) is 0 Å². The van der Waals surface area contributed by atoms with Crippen molar-refractivity contribution in [1.82, 2.24) is 5.32 Å². The van der Waals surface area contributed by atoms with Crippen molar-refractivity contribution in [2.45, 2.75) is 20.0 Å². The number of amides is 1. The van der Waals surface area contributed by atoms with E-state index in [1.165, 1.54) is 17.3 Å². The smallest absolute Gasteiger partial charge is 0.264 e. The van der Waals surface area contributed by atoms with E-state index in [0.29, 0.717) is 33.9 Å². The lowest BCUT2D eigenvalue weighted by atomic mass is 10.1. The monoisotopic (exact) mass is 488 g/mol. The van der Waals surface area contributed by atoms with Gasteiger partial charge in [0, 0.05) is 0 Å². The van der Waals surface area contributed by atoms with Gasteiger partial charge in [0.05, 0.1) is 17.7 Å². The van der Waals surface area contributed by atoms with Crippen molar-refractivity contribution >= 4 is 34.6 Å². The van der Waals surface area contributed by atoms with E-state index in [9.17, 15) is 4.79 Å². The van der Waals surface area contributed by atoms with Crippen LogP contribution in [-0.4, -0.2) is 25.0 Å². The maximum atomic E-state index is 12.5. The summed E-state index contributed by atoms with van der Waals surface area (Å²) in [5, 5.41) is 3.38. The van der Waals surface area contributed by atoms with Crippen LogP contribution < -0.4 is 24.3 Å². The molecule has 0 aliphatic carbocycles. The lowest BCUT2D eigenvalue weighted by molar-refractivity contribution is -0.115. The molecule has 1 N–H and O–H groups in total. The Balaban J connectivity index is 1.28. The highest BCUT2D eigenvalue weighted by atomic mass is 32.2. The number of rotatable bonds is 7. The quantitative estimate of drug-likeness (QED) is 0.445. The molecule has 0 bridgehead atoms. The van der Waals surface area contributed by atoms with Crippen molar-refractivity contribution in [2.24, 2.45) is 4.99 Å². The van der Waals surface area contributed by atoms with Crippen LogP contribution in [0.1, 0.15) is 23.6 Å². The van der Waals surface area contributed by atoms with Crippen LogP contribution in [0.25, 0.3) is 6.08 Å². The second-order valence-corrected chi connectivity index (χ2v) is 8.92. The zero-order valence-corrected chi connectivity index (χ0v) is 20.2. The van der Waals surface area contributed by atoms with E-state index < -0.39 is 0 Å². The molecule has 0 radical (unpaired) electrons. The van der Waals surface area contributed by atoms with Crippen molar-refractivity contribution in [1.29, 1.82) is 0 Å². The van der Waals surface area contributed by atoms with Gasteiger partial charge in [-0.15, -0.1) is 0 Å². The Bertz CT molecular complexity index is 1320. The summed E-state index contributed by atoms with van der Waals surface area (Å²) in [6, 6.07) is 19.3. The van der Waals surface area contributed by atoms with Crippen LogP contribution in [-0.2, 0) is 17.8 Å². The van der Waals surface area contributed by atoms with Crippen LogP contribution in [0.2, 0.25) is 0 Å². The normalized spacial score (nSPS) is 16.6. The number of amidine groups is 1. The van der Waals surface area contributed by atoms with E-state index in [2.05, 4.69) is 17.2 Å². The maximum absolute atomic E-state index is 12.5. The van der Waals surface area contributed by atoms with Crippen LogP contribution in [0, 0.1) is 0 Å². The van der Waals surface area contributed by atoms with Crippen molar-refractivity contribution in [3.05, 3.63) is 82.3 Å². The van der Waals surface area contributed by atoms with Gasteiger partial charge in [-0.3, -0.25) is 4.79 Å². The molecule has 178 valence electrons. The molecule has 0 spiro atoms. The molecule has 2 heterocycles. The summed E-state index contributed by atoms with van der Waals surface area (Å²) < 4.78 is 22.3. The second kappa shape index (κ2) is 10.1. The lowest BCUT2D eigenvalue weighted by Crippen LogP contribution is -2.19. The molecule has 0 aromatic heterocycles. The summed E-state index contributed by atoms with van der Waals surface area (Å²) in [5.74, 6) is 2.46. The number of hydrogen-bond acceptors (Lipinski definition) is 7. The number of thioether (sulfide) groups is 1. The number of fused-ring (bicyclic) bond motifs is 1. The summed E-state index contributed by atoms with van der Waals surface area (Å²) in [4.78, 5) is 17.6. The largest absolute Gasteiger partial charge is 0.493 e. The molecule has 1 saturated heterocycles. The van der Waals surface area contributed by atoms with Crippen molar-refractivity contribution in [2.75, 3.05) is 13.9 Å². The number of ether oxygens (including phenoxy) is 4.